The number of hydrogen-bond acceptors (Lipinski definition) is 4. The van der Waals surface area contributed by atoms with Gasteiger partial charge in [-0.3, -0.25) is 14.5 Å². The van der Waals surface area contributed by atoms with Crippen molar-refractivity contribution in [3.05, 3.63) is 0 Å². The molecular formula is C16H29N3O3. The van der Waals surface area contributed by atoms with E-state index in [4.69, 9.17) is 5.11 Å². The number of carboxylic acids is 1. The number of carbonyl (C=O) groups excluding carboxylic acids is 1. The lowest BCUT2D eigenvalue weighted by Crippen LogP contribution is -2.51. The molecule has 1 aliphatic heterocycles. The summed E-state index contributed by atoms with van der Waals surface area (Å²) in [5.74, 6) is -0.516. The molecule has 0 spiro atoms. The average molecular weight is 311 g/mol. The van der Waals surface area contributed by atoms with Crippen LogP contribution in [0.1, 0.15) is 38.5 Å². The molecule has 1 aliphatic carbocycles. The Kier molecular flexibility index (Phi) is 6.64. The maximum absolute atomic E-state index is 12.4. The predicted molar refractivity (Wildman–Crippen MR) is 84.8 cm³/mol. The number of rotatable bonds is 6. The van der Waals surface area contributed by atoms with E-state index in [-0.39, 0.29) is 12.3 Å². The van der Waals surface area contributed by atoms with Crippen molar-refractivity contribution in [2.24, 2.45) is 0 Å². The van der Waals surface area contributed by atoms with Crippen molar-refractivity contribution < 1.29 is 14.7 Å². The zero-order valence-electron chi connectivity index (χ0n) is 13.7. The lowest BCUT2D eigenvalue weighted by atomic mass is 9.94. The topological polar surface area (TPSA) is 64.1 Å². The van der Waals surface area contributed by atoms with Crippen LogP contribution in [-0.2, 0) is 9.59 Å². The number of carbonyl (C=O) groups is 2. The molecule has 2 fully saturated rings. The molecular weight excluding hydrogens is 282 g/mol. The summed E-state index contributed by atoms with van der Waals surface area (Å²) in [7, 11) is 1.95. The Morgan fingerprint density at radius 2 is 1.64 bits per heavy atom. The fourth-order valence-corrected chi connectivity index (χ4v) is 3.40. The lowest BCUT2D eigenvalue weighted by molar-refractivity contribution is -0.137. The van der Waals surface area contributed by atoms with Crippen LogP contribution in [0, 0.1) is 0 Å². The number of carboxylic acid groups (broad SMARTS) is 1. The first-order chi connectivity index (χ1) is 10.6. The second-order valence-electron chi connectivity index (χ2n) is 6.56. The summed E-state index contributed by atoms with van der Waals surface area (Å²) in [6.07, 6.45) is 6.27. The number of aliphatic carboxylic acids is 1. The number of piperazine rings is 1. The van der Waals surface area contributed by atoms with Crippen LogP contribution in [0.25, 0.3) is 0 Å². The summed E-state index contributed by atoms with van der Waals surface area (Å²) in [6.45, 7) is 4.52. The molecule has 0 atom stereocenters. The largest absolute Gasteiger partial charge is 0.481 e. The molecule has 0 aromatic heterocycles. The molecule has 0 radical (unpaired) electrons. The quantitative estimate of drug-likeness (QED) is 0.788. The van der Waals surface area contributed by atoms with E-state index in [2.05, 4.69) is 9.80 Å². The van der Waals surface area contributed by atoms with Crippen molar-refractivity contribution in [2.45, 2.75) is 44.6 Å². The summed E-state index contributed by atoms with van der Waals surface area (Å²) in [6, 6.07) is 0.429. The van der Waals surface area contributed by atoms with Crippen molar-refractivity contribution in [2.75, 3.05) is 46.3 Å². The van der Waals surface area contributed by atoms with Gasteiger partial charge in [-0.25, -0.2) is 0 Å². The highest BCUT2D eigenvalue weighted by molar-refractivity contribution is 5.78. The average Bonchev–Trinajstić information content (AvgIpc) is 2.54. The van der Waals surface area contributed by atoms with Crippen molar-refractivity contribution >= 4 is 11.9 Å². The summed E-state index contributed by atoms with van der Waals surface area (Å²) in [5, 5.41) is 8.71. The van der Waals surface area contributed by atoms with E-state index in [9.17, 15) is 9.59 Å². The molecule has 1 saturated carbocycles. The number of nitrogens with zero attached hydrogens (tertiary/aromatic N) is 3. The van der Waals surface area contributed by atoms with Gasteiger partial charge in [0, 0.05) is 45.8 Å². The number of likely N-dealkylation sites (N-methyl/N-ethyl adjacent to an activating group) is 1. The van der Waals surface area contributed by atoms with Crippen LogP contribution in [0.3, 0.4) is 0 Å². The first-order valence-corrected chi connectivity index (χ1v) is 8.48. The van der Waals surface area contributed by atoms with Gasteiger partial charge in [0.25, 0.3) is 0 Å². The Hall–Kier alpha value is -1.14. The van der Waals surface area contributed by atoms with Crippen molar-refractivity contribution in [3.8, 4) is 0 Å². The highest BCUT2D eigenvalue weighted by atomic mass is 16.4. The van der Waals surface area contributed by atoms with Gasteiger partial charge in [-0.1, -0.05) is 19.3 Å². The van der Waals surface area contributed by atoms with Crippen LogP contribution < -0.4 is 0 Å². The Labute approximate surface area is 133 Å². The van der Waals surface area contributed by atoms with Crippen molar-refractivity contribution in [3.63, 3.8) is 0 Å². The molecule has 0 unspecified atom stereocenters. The third-order valence-corrected chi connectivity index (χ3v) is 4.98. The first kappa shape index (κ1) is 17.2. The first-order valence-electron chi connectivity index (χ1n) is 8.48. The van der Waals surface area contributed by atoms with Crippen molar-refractivity contribution in [1.82, 2.24) is 14.7 Å². The standard InChI is InChI=1S/C16H29N3O3/c1-17(14-5-3-2-4-6-14)15(20)13-19-11-9-18(10-12-19)8-7-16(21)22/h14H,2-13H2,1H3,(H,21,22). The summed E-state index contributed by atoms with van der Waals surface area (Å²) >= 11 is 0. The van der Waals surface area contributed by atoms with Gasteiger partial charge in [0.05, 0.1) is 13.0 Å². The molecule has 1 heterocycles. The molecule has 1 saturated heterocycles. The molecule has 2 rings (SSSR count). The highest BCUT2D eigenvalue weighted by Gasteiger charge is 2.25. The maximum Gasteiger partial charge on any atom is 0.304 e. The molecule has 0 aromatic rings. The van der Waals surface area contributed by atoms with E-state index in [1.165, 1.54) is 19.3 Å². The molecule has 1 amide bonds. The minimum atomic E-state index is -0.744. The molecule has 0 bridgehead atoms. The van der Waals surface area contributed by atoms with Crippen LogP contribution in [0.15, 0.2) is 0 Å². The smallest absolute Gasteiger partial charge is 0.304 e. The van der Waals surface area contributed by atoms with Crippen LogP contribution in [0.5, 0.6) is 0 Å². The van der Waals surface area contributed by atoms with E-state index in [1.807, 2.05) is 11.9 Å². The van der Waals surface area contributed by atoms with Gasteiger partial charge in [-0.05, 0) is 12.8 Å². The fourth-order valence-electron chi connectivity index (χ4n) is 3.40. The third-order valence-electron chi connectivity index (χ3n) is 4.98. The number of hydrogen-bond donors (Lipinski definition) is 1. The molecule has 6 heteroatoms. The van der Waals surface area contributed by atoms with Gasteiger partial charge in [0.15, 0.2) is 0 Å². The Bertz CT molecular complexity index is 375. The minimum Gasteiger partial charge on any atom is -0.481 e. The van der Waals surface area contributed by atoms with Crippen molar-refractivity contribution in [1.29, 1.82) is 0 Å². The predicted octanol–water partition coefficient (Wildman–Crippen LogP) is 0.870. The minimum absolute atomic E-state index is 0.198. The van der Waals surface area contributed by atoms with E-state index >= 15 is 0 Å². The second-order valence-corrected chi connectivity index (χ2v) is 6.56. The van der Waals surface area contributed by atoms with Gasteiger partial charge in [0.2, 0.25) is 5.91 Å². The zero-order chi connectivity index (χ0) is 15.9. The van der Waals surface area contributed by atoms with Crippen LogP contribution in [0.4, 0.5) is 0 Å². The SMILES string of the molecule is CN(C(=O)CN1CCN(CCC(=O)O)CC1)C1CCCCC1. The Balaban J connectivity index is 1.68. The molecule has 0 aromatic carbocycles. The summed E-state index contributed by atoms with van der Waals surface area (Å²) in [4.78, 5) is 29.3. The van der Waals surface area contributed by atoms with E-state index in [1.54, 1.807) is 0 Å². The normalized spacial score (nSPS) is 21.7. The summed E-state index contributed by atoms with van der Waals surface area (Å²) < 4.78 is 0. The second kappa shape index (κ2) is 8.48. The van der Waals surface area contributed by atoms with Crippen LogP contribution in [-0.4, -0.2) is 84.0 Å². The van der Waals surface area contributed by atoms with Gasteiger partial charge < -0.3 is 14.9 Å². The number of amides is 1. The van der Waals surface area contributed by atoms with Gasteiger partial charge in [-0.2, -0.15) is 0 Å². The van der Waals surface area contributed by atoms with E-state index < -0.39 is 5.97 Å². The van der Waals surface area contributed by atoms with Gasteiger partial charge in [0.1, 0.15) is 0 Å². The lowest BCUT2D eigenvalue weighted by Gasteiger charge is -2.36. The molecule has 1 N–H and O–H groups in total. The molecule has 2 aliphatic rings. The third kappa shape index (κ3) is 5.25. The Morgan fingerprint density at radius 1 is 1.05 bits per heavy atom. The van der Waals surface area contributed by atoms with Crippen LogP contribution in [0.2, 0.25) is 0 Å². The summed E-state index contributed by atoms with van der Waals surface area (Å²) in [5.41, 5.74) is 0. The Morgan fingerprint density at radius 3 is 2.23 bits per heavy atom. The van der Waals surface area contributed by atoms with Crippen LogP contribution >= 0.6 is 0 Å². The highest BCUT2D eigenvalue weighted by Crippen LogP contribution is 2.21. The van der Waals surface area contributed by atoms with Gasteiger partial charge >= 0.3 is 5.97 Å². The molecule has 22 heavy (non-hydrogen) atoms. The van der Waals surface area contributed by atoms with E-state index in [0.29, 0.717) is 19.1 Å². The van der Waals surface area contributed by atoms with Gasteiger partial charge in [-0.15, -0.1) is 0 Å². The monoisotopic (exact) mass is 311 g/mol. The molecule has 126 valence electrons. The maximum atomic E-state index is 12.4. The van der Waals surface area contributed by atoms with E-state index in [0.717, 1.165) is 39.0 Å². The molecule has 6 nitrogen and oxygen atoms in total. The zero-order valence-corrected chi connectivity index (χ0v) is 13.7. The fraction of sp³-hybridized carbons (Fsp3) is 0.875.